The fraction of sp³-hybridized carbons (Fsp3) is 0.389. The van der Waals surface area contributed by atoms with Crippen molar-refractivity contribution in [2.75, 3.05) is 0 Å². The molecule has 7 nitrogen and oxygen atoms in total. The summed E-state index contributed by atoms with van der Waals surface area (Å²) in [6.07, 6.45) is 0.677. The average molecular weight is 339 g/mol. The molecule has 0 spiro atoms. The largest absolute Gasteiger partial charge is 0.369 e. The maximum absolute atomic E-state index is 12.7. The van der Waals surface area contributed by atoms with E-state index in [1.54, 1.807) is 11.7 Å². The van der Waals surface area contributed by atoms with Crippen LogP contribution in [0, 0.1) is 0 Å². The van der Waals surface area contributed by atoms with E-state index in [9.17, 15) is 4.79 Å². The molecule has 0 fully saturated rings. The number of H-pyrrole nitrogens is 1. The third-order valence-electron chi connectivity index (χ3n) is 4.56. The second-order valence-electron chi connectivity index (χ2n) is 6.51. The molecule has 0 radical (unpaired) electrons. The van der Waals surface area contributed by atoms with Gasteiger partial charge in [-0.25, -0.2) is 4.98 Å². The number of para-hydroxylation sites is 2. The van der Waals surface area contributed by atoms with Crippen molar-refractivity contribution >= 4 is 16.9 Å². The molecule has 0 saturated carbocycles. The van der Waals surface area contributed by atoms with E-state index >= 15 is 0 Å². The van der Waals surface area contributed by atoms with Crippen molar-refractivity contribution < 1.29 is 9.53 Å². The van der Waals surface area contributed by atoms with E-state index in [-0.39, 0.29) is 18.1 Å². The lowest BCUT2D eigenvalue weighted by molar-refractivity contribution is -0.00710. The van der Waals surface area contributed by atoms with Gasteiger partial charge in [0.1, 0.15) is 11.5 Å². The summed E-state index contributed by atoms with van der Waals surface area (Å²) in [5.74, 6) is 0.591. The molecule has 2 N–H and O–H groups in total. The van der Waals surface area contributed by atoms with Gasteiger partial charge in [0.2, 0.25) is 0 Å². The number of imidazole rings is 1. The zero-order valence-corrected chi connectivity index (χ0v) is 14.5. The van der Waals surface area contributed by atoms with Gasteiger partial charge in [0.25, 0.3) is 5.91 Å². The highest BCUT2D eigenvalue weighted by molar-refractivity contribution is 5.94. The van der Waals surface area contributed by atoms with Gasteiger partial charge in [0, 0.05) is 19.0 Å². The Morgan fingerprint density at radius 3 is 3.00 bits per heavy atom. The minimum Gasteiger partial charge on any atom is -0.369 e. The average Bonchev–Trinajstić information content (AvgIpc) is 3.13. The minimum absolute atomic E-state index is 0.0774. The molecule has 0 aliphatic carbocycles. The molecular formula is C18H21N5O2. The van der Waals surface area contributed by atoms with Crippen LogP contribution in [0.1, 0.15) is 47.5 Å². The summed E-state index contributed by atoms with van der Waals surface area (Å²) in [6, 6.07) is 7.80. The predicted molar refractivity (Wildman–Crippen MR) is 93.1 cm³/mol. The number of carbonyl (C=O) groups excluding carboxylic acids is 1. The lowest BCUT2D eigenvalue weighted by Crippen LogP contribution is -2.28. The maximum Gasteiger partial charge on any atom is 0.270 e. The van der Waals surface area contributed by atoms with Crippen molar-refractivity contribution in [3.05, 3.63) is 47.0 Å². The molecule has 3 heterocycles. The maximum atomic E-state index is 12.7. The van der Waals surface area contributed by atoms with Crippen LogP contribution in [0.25, 0.3) is 11.0 Å². The number of nitrogens with one attached hydrogen (secondary N) is 2. The van der Waals surface area contributed by atoms with Gasteiger partial charge in [-0.1, -0.05) is 12.1 Å². The summed E-state index contributed by atoms with van der Waals surface area (Å²) in [7, 11) is 1.80. The van der Waals surface area contributed by atoms with Gasteiger partial charge in [0.15, 0.2) is 0 Å². The second-order valence-corrected chi connectivity index (χ2v) is 6.51. The van der Waals surface area contributed by atoms with Crippen LogP contribution in [0.4, 0.5) is 0 Å². The minimum atomic E-state index is -0.141. The lowest BCUT2D eigenvalue weighted by atomic mass is 9.99. The third kappa shape index (κ3) is 2.80. The Kier molecular flexibility index (Phi) is 3.80. The Bertz CT molecular complexity index is 909. The van der Waals surface area contributed by atoms with Crippen LogP contribution in [-0.4, -0.2) is 31.8 Å². The SMILES string of the molecule is C[C@@H]1Cc2c(nn(C)c2C(=O)NCc2nc3ccccc3[nH]2)[C@H](C)O1. The third-order valence-corrected chi connectivity index (χ3v) is 4.56. The summed E-state index contributed by atoms with van der Waals surface area (Å²) < 4.78 is 7.45. The number of rotatable bonds is 3. The van der Waals surface area contributed by atoms with Crippen LogP contribution >= 0.6 is 0 Å². The first-order valence-electron chi connectivity index (χ1n) is 8.46. The normalized spacial score (nSPS) is 19.8. The Morgan fingerprint density at radius 2 is 2.20 bits per heavy atom. The summed E-state index contributed by atoms with van der Waals surface area (Å²) in [6.45, 7) is 4.33. The van der Waals surface area contributed by atoms with Crippen molar-refractivity contribution in [1.82, 2.24) is 25.1 Å². The Balaban J connectivity index is 1.55. The van der Waals surface area contributed by atoms with E-state index in [0.29, 0.717) is 18.7 Å². The summed E-state index contributed by atoms with van der Waals surface area (Å²) in [5, 5.41) is 7.43. The zero-order chi connectivity index (χ0) is 17.6. The van der Waals surface area contributed by atoms with E-state index in [4.69, 9.17) is 4.74 Å². The molecule has 1 aliphatic heterocycles. The van der Waals surface area contributed by atoms with Gasteiger partial charge in [-0.15, -0.1) is 0 Å². The highest BCUT2D eigenvalue weighted by Crippen LogP contribution is 2.31. The molecule has 130 valence electrons. The molecule has 1 aromatic carbocycles. The molecule has 2 aromatic heterocycles. The number of nitrogens with zero attached hydrogens (tertiary/aromatic N) is 3. The molecule has 0 bridgehead atoms. The highest BCUT2D eigenvalue weighted by Gasteiger charge is 2.31. The van der Waals surface area contributed by atoms with Crippen LogP contribution in [0.2, 0.25) is 0 Å². The molecule has 1 amide bonds. The fourth-order valence-electron chi connectivity index (χ4n) is 3.49. The molecule has 2 atom stereocenters. The smallest absolute Gasteiger partial charge is 0.270 e. The first-order chi connectivity index (χ1) is 12.0. The number of aromatic nitrogens is 4. The Labute approximate surface area is 145 Å². The number of ether oxygens (including phenoxy) is 1. The highest BCUT2D eigenvalue weighted by atomic mass is 16.5. The van der Waals surface area contributed by atoms with Crippen LogP contribution in [0.3, 0.4) is 0 Å². The van der Waals surface area contributed by atoms with Crippen molar-refractivity contribution in [2.24, 2.45) is 7.05 Å². The number of aryl methyl sites for hydroxylation is 1. The molecule has 4 rings (SSSR count). The number of benzene rings is 1. The van der Waals surface area contributed by atoms with Gasteiger partial charge in [0.05, 0.1) is 35.5 Å². The lowest BCUT2D eigenvalue weighted by Gasteiger charge is -2.24. The van der Waals surface area contributed by atoms with Crippen molar-refractivity contribution in [3.8, 4) is 0 Å². The van der Waals surface area contributed by atoms with Crippen LogP contribution < -0.4 is 5.32 Å². The summed E-state index contributed by atoms with van der Waals surface area (Å²) in [4.78, 5) is 20.5. The fourth-order valence-corrected chi connectivity index (χ4v) is 3.49. The van der Waals surface area contributed by atoms with Gasteiger partial charge < -0.3 is 15.0 Å². The molecule has 0 saturated heterocycles. The first kappa shape index (κ1) is 15.8. The number of hydrogen-bond acceptors (Lipinski definition) is 4. The molecule has 25 heavy (non-hydrogen) atoms. The van der Waals surface area contributed by atoms with E-state index in [1.807, 2.05) is 38.1 Å². The van der Waals surface area contributed by atoms with Crippen molar-refractivity contribution in [2.45, 2.75) is 39.0 Å². The van der Waals surface area contributed by atoms with Crippen molar-refractivity contribution in [1.29, 1.82) is 0 Å². The van der Waals surface area contributed by atoms with Gasteiger partial charge in [-0.2, -0.15) is 5.10 Å². The molecule has 7 heteroatoms. The number of hydrogen-bond donors (Lipinski definition) is 2. The van der Waals surface area contributed by atoms with E-state index < -0.39 is 0 Å². The molecule has 3 aromatic rings. The van der Waals surface area contributed by atoms with Crippen LogP contribution in [-0.2, 0) is 24.8 Å². The van der Waals surface area contributed by atoms with Gasteiger partial charge in [-0.05, 0) is 26.0 Å². The van der Waals surface area contributed by atoms with Gasteiger partial charge >= 0.3 is 0 Å². The van der Waals surface area contributed by atoms with E-state index in [2.05, 4.69) is 20.4 Å². The number of fused-ring (bicyclic) bond motifs is 2. The van der Waals surface area contributed by atoms with E-state index in [0.717, 1.165) is 28.1 Å². The number of carbonyl (C=O) groups is 1. The monoisotopic (exact) mass is 339 g/mol. The molecular weight excluding hydrogens is 318 g/mol. The number of aromatic amines is 1. The van der Waals surface area contributed by atoms with Crippen molar-refractivity contribution in [3.63, 3.8) is 0 Å². The summed E-state index contributed by atoms with van der Waals surface area (Å²) >= 11 is 0. The topological polar surface area (TPSA) is 84.8 Å². The van der Waals surface area contributed by atoms with Crippen LogP contribution in [0.15, 0.2) is 24.3 Å². The number of amides is 1. The van der Waals surface area contributed by atoms with E-state index in [1.165, 1.54) is 0 Å². The summed E-state index contributed by atoms with van der Waals surface area (Å²) in [5.41, 5.74) is 4.30. The molecule has 0 unspecified atom stereocenters. The first-order valence-corrected chi connectivity index (χ1v) is 8.46. The molecule has 1 aliphatic rings. The second kappa shape index (κ2) is 6.00. The Hall–Kier alpha value is -2.67. The van der Waals surface area contributed by atoms with Crippen LogP contribution in [0.5, 0.6) is 0 Å². The standard InChI is InChI=1S/C18H21N5O2/c1-10-8-12-16(11(2)25-10)22-23(3)17(12)18(24)19-9-15-20-13-6-4-5-7-14(13)21-15/h4-7,10-11H,8-9H2,1-3H3,(H,19,24)(H,20,21)/t10-,11+/m1/s1. The van der Waals surface area contributed by atoms with Gasteiger partial charge in [-0.3, -0.25) is 9.48 Å². The zero-order valence-electron chi connectivity index (χ0n) is 14.5. The predicted octanol–water partition coefficient (Wildman–Crippen LogP) is 2.25. The Morgan fingerprint density at radius 1 is 1.40 bits per heavy atom. The quantitative estimate of drug-likeness (QED) is 0.766.